The zero-order valence-corrected chi connectivity index (χ0v) is 25.6. The quantitative estimate of drug-likeness (QED) is 0.110. The summed E-state index contributed by atoms with van der Waals surface area (Å²) in [7, 11) is 0. The lowest BCUT2D eigenvalue weighted by Gasteiger charge is -2.23. The van der Waals surface area contributed by atoms with Crippen molar-refractivity contribution in [3.05, 3.63) is 163 Å². The van der Waals surface area contributed by atoms with E-state index < -0.39 is 0 Å². The molecule has 1 aliphatic carbocycles. The second kappa shape index (κ2) is 10.3. The van der Waals surface area contributed by atoms with Crippen LogP contribution in [0.5, 0.6) is 0 Å². The van der Waals surface area contributed by atoms with Crippen LogP contribution in [0.2, 0.25) is 0 Å². The first-order valence-corrected chi connectivity index (χ1v) is 15.5. The molecular weight excluding hydrogens is 542 g/mol. The van der Waals surface area contributed by atoms with Gasteiger partial charge in [-0.05, 0) is 107 Å². The van der Waals surface area contributed by atoms with Crippen molar-refractivity contribution in [1.29, 1.82) is 0 Å². The van der Waals surface area contributed by atoms with Gasteiger partial charge in [-0.3, -0.25) is 4.99 Å². The van der Waals surface area contributed by atoms with Crippen LogP contribution in [0.1, 0.15) is 30.5 Å². The summed E-state index contributed by atoms with van der Waals surface area (Å²) in [5.41, 5.74) is 12.3. The van der Waals surface area contributed by atoms with Gasteiger partial charge in [0.2, 0.25) is 0 Å². The molecule has 0 radical (unpaired) electrons. The van der Waals surface area contributed by atoms with E-state index in [2.05, 4.69) is 160 Å². The highest BCUT2D eigenvalue weighted by Crippen LogP contribution is 2.54. The first-order valence-electron chi connectivity index (χ1n) is 15.5. The summed E-state index contributed by atoms with van der Waals surface area (Å²) in [6, 6.07) is 46.8. The molecule has 0 atom stereocenters. The minimum Gasteiger partial charge on any atom is -0.272 e. The molecule has 0 aromatic heterocycles. The van der Waals surface area contributed by atoms with Crippen LogP contribution >= 0.6 is 0 Å². The number of benzene rings is 7. The first kappa shape index (κ1) is 27.0. The third kappa shape index (κ3) is 4.05. The van der Waals surface area contributed by atoms with Crippen molar-refractivity contribution in [3.8, 4) is 33.4 Å². The zero-order valence-electron chi connectivity index (χ0n) is 25.6. The van der Waals surface area contributed by atoms with Crippen LogP contribution in [0.4, 0.5) is 0 Å². The lowest BCUT2D eigenvalue weighted by atomic mass is 9.80. The Balaban J connectivity index is 1.54. The zero-order chi connectivity index (χ0) is 30.7. The molecule has 0 amide bonds. The molecule has 0 spiro atoms. The first-order chi connectivity index (χ1) is 22.0. The van der Waals surface area contributed by atoms with Gasteiger partial charge in [0, 0.05) is 11.6 Å². The minimum absolute atomic E-state index is 0.0850. The van der Waals surface area contributed by atoms with Gasteiger partial charge in [-0.15, -0.1) is 0 Å². The second-order valence-electron chi connectivity index (χ2n) is 12.5. The highest BCUT2D eigenvalue weighted by Gasteiger charge is 2.37. The van der Waals surface area contributed by atoms with E-state index in [1.165, 1.54) is 76.8 Å². The molecule has 1 aliphatic rings. The molecule has 1 nitrogen and oxygen atoms in total. The van der Waals surface area contributed by atoms with Crippen molar-refractivity contribution in [2.45, 2.75) is 19.3 Å². The van der Waals surface area contributed by atoms with Gasteiger partial charge >= 0.3 is 0 Å². The van der Waals surface area contributed by atoms with Gasteiger partial charge in [-0.2, -0.15) is 0 Å². The lowest BCUT2D eigenvalue weighted by molar-refractivity contribution is 0.660. The summed E-state index contributed by atoms with van der Waals surface area (Å²) in [6.07, 6.45) is 3.69. The molecule has 0 bridgehead atoms. The Bertz CT molecular complexity index is 2380. The number of allylic oxidation sites excluding steroid dienone is 2. The summed E-state index contributed by atoms with van der Waals surface area (Å²) < 4.78 is 0. The van der Waals surface area contributed by atoms with Gasteiger partial charge in [-0.1, -0.05) is 142 Å². The van der Waals surface area contributed by atoms with E-state index in [1.807, 2.05) is 6.08 Å². The Hall–Kier alpha value is -5.53. The second-order valence-corrected chi connectivity index (χ2v) is 12.5. The molecular formula is C44H33N. The van der Waals surface area contributed by atoms with E-state index in [-0.39, 0.29) is 5.41 Å². The van der Waals surface area contributed by atoms with E-state index in [0.717, 1.165) is 11.1 Å². The van der Waals surface area contributed by atoms with Gasteiger partial charge in [0.1, 0.15) is 0 Å². The van der Waals surface area contributed by atoms with Crippen LogP contribution < -0.4 is 0 Å². The predicted octanol–water partition coefficient (Wildman–Crippen LogP) is 12.0. The average molecular weight is 576 g/mol. The number of fused-ring (bicyclic) bond motifs is 6. The normalized spacial score (nSPS) is 13.4. The molecule has 0 heterocycles. The van der Waals surface area contributed by atoms with Crippen LogP contribution in [0.25, 0.3) is 71.3 Å². The molecule has 214 valence electrons. The van der Waals surface area contributed by atoms with E-state index in [1.54, 1.807) is 6.20 Å². The minimum atomic E-state index is -0.0850. The third-order valence-corrected chi connectivity index (χ3v) is 9.70. The summed E-state index contributed by atoms with van der Waals surface area (Å²) >= 11 is 0. The van der Waals surface area contributed by atoms with Gasteiger partial charge in [0.05, 0.1) is 0 Å². The van der Waals surface area contributed by atoms with Crippen molar-refractivity contribution in [2.75, 3.05) is 0 Å². The Labute approximate surface area is 264 Å². The maximum atomic E-state index is 4.52. The van der Waals surface area contributed by atoms with E-state index in [0.29, 0.717) is 0 Å². The van der Waals surface area contributed by atoms with Crippen molar-refractivity contribution < 1.29 is 0 Å². The van der Waals surface area contributed by atoms with E-state index >= 15 is 0 Å². The SMILES string of the molecule is C=N/C=C\C(=C)c1c2ccccc2c(-c2cccc3c2-c2ccccc2C3(C)C)c2cc(-c3cccc4ccccc34)ccc12. The summed E-state index contributed by atoms with van der Waals surface area (Å²) in [6.45, 7) is 12.9. The van der Waals surface area contributed by atoms with Crippen LogP contribution in [0.15, 0.2) is 151 Å². The molecule has 45 heavy (non-hydrogen) atoms. The van der Waals surface area contributed by atoms with E-state index in [9.17, 15) is 0 Å². The third-order valence-electron chi connectivity index (χ3n) is 9.70. The molecule has 0 saturated carbocycles. The van der Waals surface area contributed by atoms with Crippen molar-refractivity contribution in [3.63, 3.8) is 0 Å². The fourth-order valence-electron chi connectivity index (χ4n) is 7.65. The number of aliphatic imine (C=N–C) groups is 1. The van der Waals surface area contributed by atoms with Crippen LogP contribution in [0.3, 0.4) is 0 Å². The lowest BCUT2D eigenvalue weighted by Crippen LogP contribution is -2.14. The molecule has 8 rings (SSSR count). The summed E-state index contributed by atoms with van der Waals surface area (Å²) in [4.78, 5) is 3.99. The predicted molar refractivity (Wildman–Crippen MR) is 195 cm³/mol. The fourth-order valence-corrected chi connectivity index (χ4v) is 7.65. The Kier molecular flexibility index (Phi) is 6.18. The number of rotatable bonds is 5. The van der Waals surface area contributed by atoms with Gasteiger partial charge in [0.25, 0.3) is 0 Å². The largest absolute Gasteiger partial charge is 0.272 e. The Morgan fingerprint density at radius 2 is 1.20 bits per heavy atom. The molecule has 7 aromatic carbocycles. The molecule has 1 heteroatoms. The van der Waals surface area contributed by atoms with E-state index in [4.69, 9.17) is 0 Å². The molecule has 0 aliphatic heterocycles. The number of hydrogen-bond donors (Lipinski definition) is 0. The molecule has 0 saturated heterocycles. The summed E-state index contributed by atoms with van der Waals surface area (Å²) in [5, 5.41) is 7.28. The van der Waals surface area contributed by atoms with Crippen molar-refractivity contribution >= 4 is 44.6 Å². The number of hydrogen-bond acceptors (Lipinski definition) is 1. The number of nitrogens with zero attached hydrogens (tertiary/aromatic N) is 1. The fraction of sp³-hybridized carbons (Fsp3) is 0.0682. The molecule has 7 aromatic rings. The van der Waals surface area contributed by atoms with Crippen LogP contribution in [-0.4, -0.2) is 6.72 Å². The van der Waals surface area contributed by atoms with Crippen molar-refractivity contribution in [1.82, 2.24) is 0 Å². The highest BCUT2D eigenvalue weighted by atomic mass is 14.6. The standard InChI is InChI=1S/C44H33N/c1-28(25-26-45-4)41-33-16-7-8-17-34(33)42(37-20-12-22-40-43(37)36-18-9-10-21-39(36)44(40,2)3)38-27-30(23-24-35(38)41)32-19-11-14-29-13-5-6-15-31(29)32/h5-27H,1,4H2,2-3H3/b26-25-. The van der Waals surface area contributed by atoms with Crippen molar-refractivity contribution in [2.24, 2.45) is 4.99 Å². The maximum Gasteiger partial charge on any atom is 0.0266 e. The summed E-state index contributed by atoms with van der Waals surface area (Å²) in [5.74, 6) is 0. The maximum absolute atomic E-state index is 4.52. The Morgan fingerprint density at radius 1 is 0.578 bits per heavy atom. The highest BCUT2D eigenvalue weighted by molar-refractivity contribution is 6.21. The molecule has 0 fully saturated rings. The van der Waals surface area contributed by atoms with Gasteiger partial charge in [0.15, 0.2) is 0 Å². The molecule has 0 unspecified atom stereocenters. The van der Waals surface area contributed by atoms with Crippen LogP contribution in [-0.2, 0) is 5.41 Å². The average Bonchev–Trinajstić information content (AvgIpc) is 3.32. The van der Waals surface area contributed by atoms with Gasteiger partial charge < -0.3 is 0 Å². The van der Waals surface area contributed by atoms with Crippen LogP contribution in [0, 0.1) is 0 Å². The molecule has 0 N–H and O–H groups in total. The Morgan fingerprint density at radius 3 is 2.04 bits per heavy atom. The van der Waals surface area contributed by atoms with Gasteiger partial charge in [-0.25, -0.2) is 0 Å². The monoisotopic (exact) mass is 575 g/mol. The smallest absolute Gasteiger partial charge is 0.0266 e. The topological polar surface area (TPSA) is 12.4 Å².